The van der Waals surface area contributed by atoms with E-state index in [2.05, 4.69) is 23.9 Å². The number of hydrogen-bond donors (Lipinski definition) is 0. The lowest BCUT2D eigenvalue weighted by atomic mass is 10.0. The zero-order valence-corrected chi connectivity index (χ0v) is 10.6. The molecule has 1 aromatic rings. The molecule has 1 unspecified atom stereocenters. The first kappa shape index (κ1) is 12.3. The summed E-state index contributed by atoms with van der Waals surface area (Å²) in [6.45, 7) is 2.93. The number of likely N-dealkylation sites (N-methyl/N-ethyl adjacent to an activating group) is 2. The molecule has 1 aliphatic heterocycles. The van der Waals surface area contributed by atoms with E-state index in [1.165, 1.54) is 6.07 Å². The quantitative estimate of drug-likeness (QED) is 0.780. The van der Waals surface area contributed by atoms with Crippen molar-refractivity contribution in [2.75, 3.05) is 40.8 Å². The maximum atomic E-state index is 13.4. The van der Waals surface area contributed by atoms with Crippen molar-refractivity contribution in [3.63, 3.8) is 0 Å². The highest BCUT2D eigenvalue weighted by Crippen LogP contribution is 2.31. The molecule has 1 aromatic carbocycles. The Balaban J connectivity index is 2.33. The van der Waals surface area contributed by atoms with E-state index in [4.69, 9.17) is 4.74 Å². The van der Waals surface area contributed by atoms with Gasteiger partial charge in [-0.05, 0) is 32.3 Å². The van der Waals surface area contributed by atoms with Gasteiger partial charge >= 0.3 is 0 Å². The predicted molar refractivity (Wildman–Crippen MR) is 65.8 cm³/mol. The lowest BCUT2D eigenvalue weighted by Crippen LogP contribution is -2.44. The number of ether oxygens (including phenoxy) is 1. The average Bonchev–Trinajstić information content (AvgIpc) is 2.32. The second-order valence-electron chi connectivity index (χ2n) is 4.64. The van der Waals surface area contributed by atoms with Crippen LogP contribution in [0.5, 0.6) is 5.75 Å². The fraction of sp³-hybridized carbons (Fsp3) is 0.538. The zero-order chi connectivity index (χ0) is 12.4. The lowest BCUT2D eigenvalue weighted by Gasteiger charge is -2.38. The molecule has 1 atom stereocenters. The molecule has 0 spiro atoms. The first-order valence-electron chi connectivity index (χ1n) is 5.84. The van der Waals surface area contributed by atoms with E-state index in [-0.39, 0.29) is 11.9 Å². The fourth-order valence-electron chi connectivity index (χ4n) is 2.31. The minimum absolute atomic E-state index is 0.194. The van der Waals surface area contributed by atoms with Crippen molar-refractivity contribution in [1.82, 2.24) is 9.80 Å². The lowest BCUT2D eigenvalue weighted by molar-refractivity contribution is 0.113. The highest BCUT2D eigenvalue weighted by Gasteiger charge is 2.26. The summed E-state index contributed by atoms with van der Waals surface area (Å²) in [6, 6.07) is 4.92. The van der Waals surface area contributed by atoms with Gasteiger partial charge in [0.2, 0.25) is 0 Å². The van der Waals surface area contributed by atoms with Crippen LogP contribution in [0.25, 0.3) is 0 Å². The summed E-state index contributed by atoms with van der Waals surface area (Å²) >= 11 is 0. The Morgan fingerprint density at radius 1 is 1.29 bits per heavy atom. The fourth-order valence-corrected chi connectivity index (χ4v) is 2.31. The van der Waals surface area contributed by atoms with Gasteiger partial charge in [-0.25, -0.2) is 4.39 Å². The molecule has 1 fully saturated rings. The molecule has 0 N–H and O–H groups in total. The predicted octanol–water partition coefficient (Wildman–Crippen LogP) is 1.75. The standard InChI is InChI=1S/C13H19FN2O/c1-15-6-7-16(2)12(9-15)11-8-10(14)4-5-13(11)17-3/h4-5,8,12H,6-7,9H2,1-3H3. The Kier molecular flexibility index (Phi) is 3.64. The van der Waals surface area contributed by atoms with Crippen LogP contribution >= 0.6 is 0 Å². The Hall–Kier alpha value is -1.13. The number of piperazine rings is 1. The van der Waals surface area contributed by atoms with Gasteiger partial charge in [0.1, 0.15) is 11.6 Å². The highest BCUT2D eigenvalue weighted by molar-refractivity contribution is 5.37. The van der Waals surface area contributed by atoms with Crippen LogP contribution in [0, 0.1) is 5.82 Å². The van der Waals surface area contributed by atoms with E-state index in [0.717, 1.165) is 30.9 Å². The summed E-state index contributed by atoms with van der Waals surface area (Å²) in [6.07, 6.45) is 0. The van der Waals surface area contributed by atoms with Crippen LogP contribution in [0.15, 0.2) is 18.2 Å². The largest absolute Gasteiger partial charge is 0.496 e. The van der Waals surface area contributed by atoms with E-state index < -0.39 is 0 Å². The summed E-state index contributed by atoms with van der Waals surface area (Å²) in [5.74, 6) is 0.556. The molecule has 0 radical (unpaired) electrons. The van der Waals surface area contributed by atoms with Crippen LogP contribution < -0.4 is 4.74 Å². The third-order valence-electron chi connectivity index (χ3n) is 3.40. The molecule has 2 rings (SSSR count). The van der Waals surface area contributed by atoms with Gasteiger partial charge in [-0.3, -0.25) is 4.90 Å². The first-order valence-corrected chi connectivity index (χ1v) is 5.84. The Bertz CT molecular complexity index is 397. The van der Waals surface area contributed by atoms with Crippen molar-refractivity contribution < 1.29 is 9.13 Å². The minimum Gasteiger partial charge on any atom is -0.496 e. The van der Waals surface area contributed by atoms with Crippen molar-refractivity contribution in [3.05, 3.63) is 29.6 Å². The van der Waals surface area contributed by atoms with Crippen molar-refractivity contribution in [1.29, 1.82) is 0 Å². The van der Waals surface area contributed by atoms with Gasteiger partial charge in [0.15, 0.2) is 0 Å². The molecule has 0 saturated carbocycles. The van der Waals surface area contributed by atoms with Crippen LogP contribution in [-0.2, 0) is 0 Å². The van der Waals surface area contributed by atoms with Crippen LogP contribution in [0.4, 0.5) is 4.39 Å². The Morgan fingerprint density at radius 2 is 2.06 bits per heavy atom. The minimum atomic E-state index is -0.206. The number of halogens is 1. The second-order valence-corrected chi connectivity index (χ2v) is 4.64. The summed E-state index contributed by atoms with van der Waals surface area (Å²) in [5.41, 5.74) is 0.932. The smallest absolute Gasteiger partial charge is 0.123 e. The Morgan fingerprint density at radius 3 is 2.76 bits per heavy atom. The molecule has 1 saturated heterocycles. The Labute approximate surface area is 102 Å². The molecule has 0 amide bonds. The van der Waals surface area contributed by atoms with E-state index in [9.17, 15) is 4.39 Å². The molecule has 4 heteroatoms. The number of methoxy groups -OCH3 is 1. The van der Waals surface area contributed by atoms with Crippen molar-refractivity contribution >= 4 is 0 Å². The van der Waals surface area contributed by atoms with Crippen LogP contribution in [0.2, 0.25) is 0 Å². The van der Waals surface area contributed by atoms with Gasteiger partial charge < -0.3 is 9.64 Å². The van der Waals surface area contributed by atoms with Gasteiger partial charge in [0.25, 0.3) is 0 Å². The molecular weight excluding hydrogens is 219 g/mol. The van der Waals surface area contributed by atoms with E-state index in [1.807, 2.05) is 0 Å². The summed E-state index contributed by atoms with van der Waals surface area (Å²) in [5, 5.41) is 0. The van der Waals surface area contributed by atoms with Gasteiger partial charge in [0.05, 0.1) is 13.2 Å². The number of benzene rings is 1. The molecule has 1 aliphatic rings. The monoisotopic (exact) mass is 238 g/mol. The summed E-state index contributed by atoms with van der Waals surface area (Å²) in [7, 11) is 5.79. The van der Waals surface area contributed by atoms with Crippen LogP contribution in [0.1, 0.15) is 11.6 Å². The summed E-state index contributed by atoms with van der Waals surface area (Å²) in [4.78, 5) is 4.51. The van der Waals surface area contributed by atoms with E-state index in [0.29, 0.717) is 0 Å². The highest BCUT2D eigenvalue weighted by atomic mass is 19.1. The topological polar surface area (TPSA) is 15.7 Å². The van der Waals surface area contributed by atoms with Gasteiger partial charge in [-0.1, -0.05) is 0 Å². The number of hydrogen-bond acceptors (Lipinski definition) is 3. The third kappa shape index (κ3) is 2.58. The molecule has 0 aliphatic carbocycles. The average molecular weight is 238 g/mol. The van der Waals surface area contributed by atoms with Crippen molar-refractivity contribution in [2.45, 2.75) is 6.04 Å². The maximum Gasteiger partial charge on any atom is 0.123 e. The number of rotatable bonds is 2. The van der Waals surface area contributed by atoms with Gasteiger partial charge in [0, 0.05) is 25.2 Å². The van der Waals surface area contributed by atoms with E-state index in [1.54, 1.807) is 19.2 Å². The molecule has 3 nitrogen and oxygen atoms in total. The second kappa shape index (κ2) is 5.02. The summed E-state index contributed by atoms with van der Waals surface area (Å²) < 4.78 is 18.7. The normalized spacial score (nSPS) is 22.7. The van der Waals surface area contributed by atoms with Gasteiger partial charge in [-0.15, -0.1) is 0 Å². The molecule has 17 heavy (non-hydrogen) atoms. The van der Waals surface area contributed by atoms with E-state index >= 15 is 0 Å². The SMILES string of the molecule is COc1ccc(F)cc1C1CN(C)CCN1C. The molecule has 0 bridgehead atoms. The zero-order valence-electron chi connectivity index (χ0n) is 10.6. The number of nitrogens with zero attached hydrogens (tertiary/aromatic N) is 2. The molecule has 0 aromatic heterocycles. The van der Waals surface area contributed by atoms with Crippen molar-refractivity contribution in [3.8, 4) is 5.75 Å². The third-order valence-corrected chi connectivity index (χ3v) is 3.40. The van der Waals surface area contributed by atoms with Crippen molar-refractivity contribution in [2.24, 2.45) is 0 Å². The molecule has 1 heterocycles. The van der Waals surface area contributed by atoms with Crippen LogP contribution in [-0.4, -0.2) is 50.6 Å². The first-order chi connectivity index (χ1) is 8.11. The maximum absolute atomic E-state index is 13.4. The molecular formula is C13H19FN2O. The van der Waals surface area contributed by atoms with Gasteiger partial charge in [-0.2, -0.15) is 0 Å². The van der Waals surface area contributed by atoms with Crippen LogP contribution in [0.3, 0.4) is 0 Å². The molecule has 94 valence electrons.